The molecular formula is C23H29N5S. The van der Waals surface area contributed by atoms with Crippen molar-refractivity contribution < 1.29 is 0 Å². The van der Waals surface area contributed by atoms with Crippen molar-refractivity contribution in [1.82, 2.24) is 14.8 Å². The summed E-state index contributed by atoms with van der Waals surface area (Å²) in [5.41, 5.74) is 2.51. The van der Waals surface area contributed by atoms with Crippen molar-refractivity contribution in [3.8, 4) is 23.5 Å². The van der Waals surface area contributed by atoms with Gasteiger partial charge in [-0.05, 0) is 30.2 Å². The van der Waals surface area contributed by atoms with Crippen LogP contribution in [-0.4, -0.2) is 20.5 Å². The number of hydrogen-bond acceptors (Lipinski definition) is 5. The molecule has 1 heterocycles. The van der Waals surface area contributed by atoms with Gasteiger partial charge >= 0.3 is 0 Å². The van der Waals surface area contributed by atoms with Crippen molar-refractivity contribution in [1.29, 1.82) is 10.5 Å². The molecule has 0 radical (unpaired) electrons. The summed E-state index contributed by atoms with van der Waals surface area (Å²) in [6, 6.07) is 13.5. The summed E-state index contributed by atoms with van der Waals surface area (Å²) in [5, 5.41) is 28.1. The van der Waals surface area contributed by atoms with Gasteiger partial charge in [0.2, 0.25) is 0 Å². The molecule has 29 heavy (non-hydrogen) atoms. The predicted molar refractivity (Wildman–Crippen MR) is 116 cm³/mol. The van der Waals surface area contributed by atoms with Crippen LogP contribution in [0.2, 0.25) is 0 Å². The van der Waals surface area contributed by atoms with E-state index in [1.54, 1.807) is 11.8 Å². The number of nitriles is 2. The van der Waals surface area contributed by atoms with Gasteiger partial charge in [0.1, 0.15) is 0 Å². The van der Waals surface area contributed by atoms with Crippen LogP contribution < -0.4 is 0 Å². The molecule has 0 unspecified atom stereocenters. The Morgan fingerprint density at radius 2 is 1.83 bits per heavy atom. The van der Waals surface area contributed by atoms with E-state index in [-0.39, 0.29) is 11.3 Å². The molecule has 3 rings (SSSR count). The highest BCUT2D eigenvalue weighted by Crippen LogP contribution is 2.37. The van der Waals surface area contributed by atoms with Crippen LogP contribution in [0.4, 0.5) is 0 Å². The molecule has 1 saturated carbocycles. The van der Waals surface area contributed by atoms with E-state index >= 15 is 0 Å². The highest BCUT2D eigenvalue weighted by Gasteiger charge is 2.25. The topological polar surface area (TPSA) is 78.3 Å². The van der Waals surface area contributed by atoms with Gasteiger partial charge in [0, 0.05) is 23.8 Å². The molecule has 0 saturated heterocycles. The van der Waals surface area contributed by atoms with Crippen molar-refractivity contribution in [2.24, 2.45) is 5.92 Å². The molecule has 0 amide bonds. The number of nitrogens with zero attached hydrogens (tertiary/aromatic N) is 5. The van der Waals surface area contributed by atoms with E-state index in [9.17, 15) is 5.26 Å². The first-order valence-corrected chi connectivity index (χ1v) is 11.4. The zero-order valence-corrected chi connectivity index (χ0v) is 18.4. The maximum Gasteiger partial charge on any atom is 0.191 e. The molecule has 1 aromatic carbocycles. The molecule has 1 aliphatic rings. The smallest absolute Gasteiger partial charge is 0.191 e. The zero-order chi connectivity index (χ0) is 20.9. The fourth-order valence-electron chi connectivity index (χ4n) is 3.78. The minimum absolute atomic E-state index is 0.119. The average molecular weight is 408 g/mol. The third-order valence-electron chi connectivity index (χ3n) is 5.56. The summed E-state index contributed by atoms with van der Waals surface area (Å²) in [5.74, 6) is 1.43. The first-order chi connectivity index (χ1) is 13.9. The SMILES string of the molecule is CC(C)(C)c1ccc(-c2nnc(SC[C@@H](C#N)CCC#N)n2C2CCCC2)cc1. The number of thioether (sulfide) groups is 1. The monoisotopic (exact) mass is 407 g/mol. The molecular weight excluding hydrogens is 378 g/mol. The second-order valence-corrected chi connectivity index (χ2v) is 9.76. The molecule has 0 N–H and O–H groups in total. The molecule has 1 aliphatic carbocycles. The van der Waals surface area contributed by atoms with Crippen molar-refractivity contribution in [3.05, 3.63) is 29.8 Å². The molecule has 152 valence electrons. The first kappa shape index (κ1) is 21.4. The molecule has 1 aromatic heterocycles. The molecule has 1 atom stereocenters. The van der Waals surface area contributed by atoms with E-state index in [1.165, 1.54) is 18.4 Å². The fraction of sp³-hybridized carbons (Fsp3) is 0.565. The largest absolute Gasteiger partial charge is 0.299 e. The molecule has 2 aromatic rings. The number of rotatable bonds is 7. The van der Waals surface area contributed by atoms with Gasteiger partial charge in [0.25, 0.3) is 0 Å². The minimum atomic E-state index is -0.136. The van der Waals surface area contributed by atoms with Gasteiger partial charge in [-0.15, -0.1) is 10.2 Å². The zero-order valence-electron chi connectivity index (χ0n) is 17.6. The lowest BCUT2D eigenvalue weighted by Gasteiger charge is -2.20. The Labute approximate surface area is 178 Å². The molecule has 0 bridgehead atoms. The van der Waals surface area contributed by atoms with E-state index in [0.717, 1.165) is 29.4 Å². The Hall–Kier alpha value is -2.31. The Morgan fingerprint density at radius 3 is 2.41 bits per heavy atom. The third kappa shape index (κ3) is 5.19. The summed E-state index contributed by atoms with van der Waals surface area (Å²) >= 11 is 1.60. The van der Waals surface area contributed by atoms with Crippen LogP contribution in [-0.2, 0) is 5.41 Å². The van der Waals surface area contributed by atoms with Gasteiger partial charge in [-0.2, -0.15) is 10.5 Å². The van der Waals surface area contributed by atoms with Crippen LogP contribution in [0.5, 0.6) is 0 Å². The van der Waals surface area contributed by atoms with E-state index < -0.39 is 0 Å². The number of benzene rings is 1. The van der Waals surface area contributed by atoms with Gasteiger partial charge in [0.15, 0.2) is 11.0 Å². The van der Waals surface area contributed by atoms with Gasteiger partial charge < -0.3 is 0 Å². The fourth-order valence-corrected chi connectivity index (χ4v) is 4.85. The highest BCUT2D eigenvalue weighted by atomic mass is 32.2. The van der Waals surface area contributed by atoms with Crippen LogP contribution in [0.15, 0.2) is 29.4 Å². The van der Waals surface area contributed by atoms with Crippen LogP contribution >= 0.6 is 11.8 Å². The van der Waals surface area contributed by atoms with Gasteiger partial charge in [-0.1, -0.05) is 69.6 Å². The maximum atomic E-state index is 9.37. The second kappa shape index (κ2) is 9.46. The van der Waals surface area contributed by atoms with Crippen LogP contribution in [0, 0.1) is 28.6 Å². The minimum Gasteiger partial charge on any atom is -0.299 e. The molecule has 1 fully saturated rings. The molecule has 0 aliphatic heterocycles. The lowest BCUT2D eigenvalue weighted by Crippen LogP contribution is -2.11. The Kier molecular flexibility index (Phi) is 6.98. The van der Waals surface area contributed by atoms with E-state index in [2.05, 4.69) is 71.9 Å². The Morgan fingerprint density at radius 1 is 1.14 bits per heavy atom. The lowest BCUT2D eigenvalue weighted by molar-refractivity contribution is 0.485. The van der Waals surface area contributed by atoms with Crippen molar-refractivity contribution in [3.63, 3.8) is 0 Å². The molecule has 6 heteroatoms. The summed E-state index contributed by atoms with van der Waals surface area (Å²) in [6.07, 6.45) is 5.79. The average Bonchev–Trinajstić information content (AvgIpc) is 3.37. The highest BCUT2D eigenvalue weighted by molar-refractivity contribution is 7.99. The van der Waals surface area contributed by atoms with Crippen molar-refractivity contribution in [2.45, 2.75) is 75.9 Å². The van der Waals surface area contributed by atoms with Crippen LogP contribution in [0.25, 0.3) is 11.4 Å². The Balaban J connectivity index is 1.86. The van der Waals surface area contributed by atoms with Gasteiger partial charge in [-0.3, -0.25) is 4.57 Å². The standard InChI is InChI=1S/C23H29N5S/c1-23(2,3)19-12-10-18(11-13-19)21-26-27-22(28(21)20-8-4-5-9-20)29-16-17(15-25)7-6-14-24/h10-13,17,20H,4-9,16H2,1-3H3/t17-/m1/s1. The Bertz CT molecular complexity index is 889. The number of aromatic nitrogens is 3. The van der Waals surface area contributed by atoms with E-state index in [1.807, 2.05) is 0 Å². The molecule has 5 nitrogen and oxygen atoms in total. The third-order valence-corrected chi connectivity index (χ3v) is 6.67. The van der Waals surface area contributed by atoms with Crippen molar-refractivity contribution in [2.75, 3.05) is 5.75 Å². The van der Waals surface area contributed by atoms with Crippen LogP contribution in [0.3, 0.4) is 0 Å². The summed E-state index contributed by atoms with van der Waals surface area (Å²) < 4.78 is 2.29. The summed E-state index contributed by atoms with van der Waals surface area (Å²) in [4.78, 5) is 0. The van der Waals surface area contributed by atoms with E-state index in [0.29, 0.717) is 24.6 Å². The van der Waals surface area contributed by atoms with Crippen LogP contribution in [0.1, 0.15) is 70.9 Å². The lowest BCUT2D eigenvalue weighted by atomic mass is 9.86. The second-order valence-electron chi connectivity index (χ2n) is 8.78. The normalized spacial score (nSPS) is 15.8. The summed E-state index contributed by atoms with van der Waals surface area (Å²) in [6.45, 7) is 6.65. The predicted octanol–water partition coefficient (Wildman–Crippen LogP) is 5.89. The molecule has 0 spiro atoms. The van der Waals surface area contributed by atoms with E-state index in [4.69, 9.17) is 5.26 Å². The number of hydrogen-bond donors (Lipinski definition) is 0. The van der Waals surface area contributed by atoms with Gasteiger partial charge in [0.05, 0.1) is 18.1 Å². The van der Waals surface area contributed by atoms with Crippen molar-refractivity contribution >= 4 is 11.8 Å². The first-order valence-electron chi connectivity index (χ1n) is 10.4. The maximum absolute atomic E-state index is 9.37. The quantitative estimate of drug-likeness (QED) is 0.534. The van der Waals surface area contributed by atoms with Gasteiger partial charge in [-0.25, -0.2) is 0 Å². The summed E-state index contributed by atoms with van der Waals surface area (Å²) in [7, 11) is 0.